The van der Waals surface area contributed by atoms with Gasteiger partial charge in [-0.1, -0.05) is 36.9 Å². The van der Waals surface area contributed by atoms with Crippen molar-refractivity contribution in [1.29, 1.82) is 0 Å². The summed E-state index contributed by atoms with van der Waals surface area (Å²) < 4.78 is 5.63. The summed E-state index contributed by atoms with van der Waals surface area (Å²) in [5.41, 5.74) is 2.65. The molecule has 0 spiro atoms. The van der Waals surface area contributed by atoms with Crippen LogP contribution in [-0.2, 0) is 22.4 Å². The Morgan fingerprint density at radius 1 is 1.11 bits per heavy atom. The number of hydrogen-bond donors (Lipinski definition) is 1. The molecular formula is C21H25NO4S. The van der Waals surface area contributed by atoms with Crippen LogP contribution >= 0.6 is 11.8 Å². The molecule has 0 aliphatic heterocycles. The molecule has 0 saturated carbocycles. The van der Waals surface area contributed by atoms with Gasteiger partial charge >= 0.3 is 0 Å². The van der Waals surface area contributed by atoms with Gasteiger partial charge in [0.1, 0.15) is 24.2 Å². The van der Waals surface area contributed by atoms with Gasteiger partial charge in [0, 0.05) is 13.1 Å². The number of rotatable bonds is 9. The van der Waals surface area contributed by atoms with Crippen LogP contribution in [0.1, 0.15) is 43.7 Å². The molecule has 0 aliphatic carbocycles. The van der Waals surface area contributed by atoms with E-state index in [9.17, 15) is 14.7 Å². The number of Topliss-reactive ketones (excluding diaryl/α,β-unsaturated/α-hetero) is 1. The molecule has 0 radical (unpaired) electrons. The standard InChI is InChI=1S/C21H25NO4S/c1-4-16-7-10-19(22-12-16)20(25)13-26-18-8-5-17(6-9-18)11-21(14(2)23)27-15(3)24/h5-10,12,20-21,25H,4,11,13H2,1-3H3. The van der Waals surface area contributed by atoms with Crippen LogP contribution in [-0.4, -0.2) is 32.8 Å². The minimum Gasteiger partial charge on any atom is -0.490 e. The molecule has 6 heteroatoms. The lowest BCUT2D eigenvalue weighted by molar-refractivity contribution is -0.117. The van der Waals surface area contributed by atoms with Crippen molar-refractivity contribution in [1.82, 2.24) is 4.98 Å². The summed E-state index contributed by atoms with van der Waals surface area (Å²) in [6.07, 6.45) is 2.36. The van der Waals surface area contributed by atoms with Gasteiger partial charge in [0.15, 0.2) is 5.12 Å². The predicted octanol–water partition coefficient (Wildman–Crippen LogP) is 3.54. The number of pyridine rings is 1. The van der Waals surface area contributed by atoms with E-state index >= 15 is 0 Å². The van der Waals surface area contributed by atoms with Gasteiger partial charge < -0.3 is 9.84 Å². The highest BCUT2D eigenvalue weighted by Crippen LogP contribution is 2.21. The number of aromatic nitrogens is 1. The minimum atomic E-state index is -0.801. The number of ether oxygens (including phenoxy) is 1. The zero-order chi connectivity index (χ0) is 19.8. The summed E-state index contributed by atoms with van der Waals surface area (Å²) in [5.74, 6) is 0.613. The molecule has 0 bridgehead atoms. The molecule has 0 aliphatic rings. The Morgan fingerprint density at radius 3 is 2.30 bits per heavy atom. The minimum absolute atomic E-state index is 0.0137. The molecule has 5 nitrogen and oxygen atoms in total. The lowest BCUT2D eigenvalue weighted by Crippen LogP contribution is -2.18. The number of hydrogen-bond acceptors (Lipinski definition) is 6. The summed E-state index contributed by atoms with van der Waals surface area (Å²) in [7, 11) is 0. The van der Waals surface area contributed by atoms with E-state index in [4.69, 9.17) is 4.74 Å². The summed E-state index contributed by atoms with van der Waals surface area (Å²) in [5, 5.41) is 9.77. The van der Waals surface area contributed by atoms with Crippen LogP contribution in [0.2, 0.25) is 0 Å². The first-order valence-corrected chi connectivity index (χ1v) is 9.79. The van der Waals surface area contributed by atoms with Crippen molar-refractivity contribution >= 4 is 22.7 Å². The average molecular weight is 388 g/mol. The van der Waals surface area contributed by atoms with Gasteiger partial charge in [-0.3, -0.25) is 14.6 Å². The zero-order valence-electron chi connectivity index (χ0n) is 15.8. The van der Waals surface area contributed by atoms with E-state index in [0.717, 1.165) is 29.3 Å². The summed E-state index contributed by atoms with van der Waals surface area (Å²) in [6.45, 7) is 5.12. The average Bonchev–Trinajstić information content (AvgIpc) is 2.66. The Labute approximate surface area is 164 Å². The monoisotopic (exact) mass is 387 g/mol. The molecule has 1 N–H and O–H groups in total. The Balaban J connectivity index is 1.90. The van der Waals surface area contributed by atoms with Gasteiger partial charge in [-0.05, 0) is 49.1 Å². The first kappa shape index (κ1) is 21.1. The molecule has 1 heterocycles. The zero-order valence-corrected chi connectivity index (χ0v) is 16.7. The molecule has 1 aromatic heterocycles. The van der Waals surface area contributed by atoms with Crippen LogP contribution in [0.4, 0.5) is 0 Å². The molecule has 2 atom stereocenters. The summed E-state index contributed by atoms with van der Waals surface area (Å²) in [6, 6.07) is 11.1. The van der Waals surface area contributed by atoms with Crippen molar-refractivity contribution in [2.45, 2.75) is 45.0 Å². The largest absolute Gasteiger partial charge is 0.490 e. The fraction of sp³-hybridized carbons (Fsp3) is 0.381. The smallest absolute Gasteiger partial charge is 0.186 e. The molecular weight excluding hydrogens is 362 g/mol. The second-order valence-electron chi connectivity index (χ2n) is 6.33. The number of aryl methyl sites for hydroxylation is 1. The van der Waals surface area contributed by atoms with Crippen LogP contribution in [0.25, 0.3) is 0 Å². The van der Waals surface area contributed by atoms with Crippen molar-refractivity contribution in [3.05, 3.63) is 59.4 Å². The van der Waals surface area contributed by atoms with E-state index < -0.39 is 6.10 Å². The maximum absolute atomic E-state index is 11.7. The summed E-state index contributed by atoms with van der Waals surface area (Å²) in [4.78, 5) is 27.2. The Bertz CT molecular complexity index is 759. The maximum Gasteiger partial charge on any atom is 0.186 e. The van der Waals surface area contributed by atoms with Gasteiger partial charge in [-0.15, -0.1) is 0 Å². The number of aliphatic hydroxyl groups is 1. The fourth-order valence-electron chi connectivity index (χ4n) is 2.51. The van der Waals surface area contributed by atoms with Crippen LogP contribution in [0, 0.1) is 0 Å². The van der Waals surface area contributed by atoms with Crippen LogP contribution in [0.5, 0.6) is 5.75 Å². The molecule has 2 rings (SSSR count). The van der Waals surface area contributed by atoms with Crippen molar-refractivity contribution in [2.75, 3.05) is 6.61 Å². The second-order valence-corrected chi connectivity index (χ2v) is 7.71. The highest BCUT2D eigenvalue weighted by Gasteiger charge is 2.18. The number of aliphatic hydroxyl groups excluding tert-OH is 1. The number of nitrogens with zero attached hydrogens (tertiary/aromatic N) is 1. The van der Waals surface area contributed by atoms with E-state index in [1.54, 1.807) is 18.3 Å². The van der Waals surface area contributed by atoms with E-state index in [-0.39, 0.29) is 22.8 Å². The van der Waals surface area contributed by atoms with Crippen molar-refractivity contribution in [2.24, 2.45) is 0 Å². The molecule has 2 aromatic rings. The fourth-order valence-corrected chi connectivity index (χ4v) is 3.35. The maximum atomic E-state index is 11.7. The second kappa shape index (κ2) is 10.2. The normalized spacial score (nSPS) is 13.0. The van der Waals surface area contributed by atoms with Gasteiger partial charge in [0.25, 0.3) is 0 Å². The third kappa shape index (κ3) is 6.81. The number of ketones is 1. The number of thioether (sulfide) groups is 1. The summed E-state index contributed by atoms with van der Waals surface area (Å²) >= 11 is 1.06. The molecule has 0 saturated heterocycles. The van der Waals surface area contributed by atoms with E-state index in [0.29, 0.717) is 17.9 Å². The van der Waals surface area contributed by atoms with Gasteiger partial charge in [0.05, 0.1) is 10.9 Å². The third-order valence-electron chi connectivity index (χ3n) is 4.11. The quantitative estimate of drug-likeness (QED) is 0.709. The first-order chi connectivity index (χ1) is 12.9. The van der Waals surface area contributed by atoms with Gasteiger partial charge in [0.2, 0.25) is 0 Å². The highest BCUT2D eigenvalue weighted by atomic mass is 32.2. The first-order valence-electron chi connectivity index (χ1n) is 8.91. The Kier molecular flexibility index (Phi) is 8.00. The lowest BCUT2D eigenvalue weighted by Gasteiger charge is -2.14. The predicted molar refractivity (Wildman–Crippen MR) is 107 cm³/mol. The van der Waals surface area contributed by atoms with Crippen LogP contribution < -0.4 is 4.74 Å². The lowest BCUT2D eigenvalue weighted by atomic mass is 10.1. The van der Waals surface area contributed by atoms with E-state index in [2.05, 4.69) is 11.9 Å². The van der Waals surface area contributed by atoms with Gasteiger partial charge in [-0.25, -0.2) is 0 Å². The SMILES string of the molecule is CCc1ccc(C(O)COc2ccc(CC(SC(C)=O)C(C)=O)cc2)nc1. The highest BCUT2D eigenvalue weighted by molar-refractivity contribution is 8.14. The van der Waals surface area contributed by atoms with E-state index in [1.165, 1.54) is 13.8 Å². The Morgan fingerprint density at radius 2 is 1.78 bits per heavy atom. The molecule has 144 valence electrons. The van der Waals surface area contributed by atoms with Gasteiger partial charge in [-0.2, -0.15) is 0 Å². The molecule has 1 aromatic carbocycles. The molecule has 0 fully saturated rings. The Hall–Kier alpha value is -2.18. The molecule has 0 amide bonds. The van der Waals surface area contributed by atoms with Crippen molar-refractivity contribution in [3.63, 3.8) is 0 Å². The molecule has 27 heavy (non-hydrogen) atoms. The number of carbonyl (C=O) groups excluding carboxylic acids is 2. The third-order valence-corrected chi connectivity index (χ3v) is 5.23. The van der Waals surface area contributed by atoms with Crippen LogP contribution in [0.15, 0.2) is 42.6 Å². The topological polar surface area (TPSA) is 76.5 Å². The van der Waals surface area contributed by atoms with Crippen molar-refractivity contribution < 1.29 is 19.4 Å². The van der Waals surface area contributed by atoms with E-state index in [1.807, 2.05) is 24.3 Å². The van der Waals surface area contributed by atoms with Crippen molar-refractivity contribution in [3.8, 4) is 5.75 Å². The molecule has 2 unspecified atom stereocenters. The number of carbonyl (C=O) groups is 2. The number of benzene rings is 1. The van der Waals surface area contributed by atoms with Crippen LogP contribution in [0.3, 0.4) is 0 Å².